The summed E-state index contributed by atoms with van der Waals surface area (Å²) in [5.74, 6) is 0.346. The molecule has 144 valence electrons. The molecule has 27 heavy (non-hydrogen) atoms. The van der Waals surface area contributed by atoms with Gasteiger partial charge in [0, 0.05) is 24.4 Å². The van der Waals surface area contributed by atoms with E-state index in [4.69, 9.17) is 4.74 Å². The van der Waals surface area contributed by atoms with Crippen molar-refractivity contribution in [3.05, 3.63) is 59.7 Å². The molecule has 0 atom stereocenters. The summed E-state index contributed by atoms with van der Waals surface area (Å²) < 4.78 is 32.3. The van der Waals surface area contributed by atoms with E-state index in [1.807, 2.05) is 18.2 Å². The van der Waals surface area contributed by atoms with Gasteiger partial charge in [0.25, 0.3) is 5.91 Å². The van der Waals surface area contributed by atoms with Gasteiger partial charge in [-0.25, -0.2) is 13.1 Å². The van der Waals surface area contributed by atoms with E-state index >= 15 is 0 Å². The molecular weight excluding hydrogens is 364 g/mol. The van der Waals surface area contributed by atoms with Crippen LogP contribution in [0.15, 0.2) is 53.4 Å². The third-order valence-corrected chi connectivity index (χ3v) is 5.79. The maximum Gasteiger partial charge on any atom is 0.255 e. The number of amides is 1. The molecule has 1 saturated carbocycles. The molecule has 0 spiro atoms. The molecule has 0 radical (unpaired) electrons. The highest BCUT2D eigenvalue weighted by molar-refractivity contribution is 7.89. The second-order valence-corrected chi connectivity index (χ2v) is 8.41. The van der Waals surface area contributed by atoms with Gasteiger partial charge >= 0.3 is 0 Å². The smallest absolute Gasteiger partial charge is 0.255 e. The largest absolute Gasteiger partial charge is 0.376 e. The van der Waals surface area contributed by atoms with Crippen LogP contribution in [-0.2, 0) is 21.4 Å². The Hall–Kier alpha value is -2.22. The molecule has 6 nitrogen and oxygen atoms in total. The highest BCUT2D eigenvalue weighted by Crippen LogP contribution is 2.29. The van der Waals surface area contributed by atoms with Crippen molar-refractivity contribution in [2.75, 3.05) is 18.5 Å². The van der Waals surface area contributed by atoms with Crippen molar-refractivity contribution in [2.45, 2.75) is 31.3 Å². The van der Waals surface area contributed by atoms with Gasteiger partial charge in [-0.05, 0) is 54.7 Å². The van der Waals surface area contributed by atoms with Crippen LogP contribution in [0, 0.1) is 5.92 Å². The lowest BCUT2D eigenvalue weighted by Gasteiger charge is -2.10. The van der Waals surface area contributed by atoms with E-state index in [2.05, 4.69) is 10.0 Å². The van der Waals surface area contributed by atoms with Crippen LogP contribution in [0.25, 0.3) is 0 Å². The Bertz CT molecular complexity index is 908. The second-order valence-electron chi connectivity index (χ2n) is 6.64. The fourth-order valence-electron chi connectivity index (χ4n) is 2.65. The van der Waals surface area contributed by atoms with Gasteiger partial charge in [0.15, 0.2) is 0 Å². The first-order valence-electron chi connectivity index (χ1n) is 9.05. The molecule has 0 aliphatic heterocycles. The number of anilines is 1. The van der Waals surface area contributed by atoms with Crippen molar-refractivity contribution in [2.24, 2.45) is 5.92 Å². The van der Waals surface area contributed by atoms with E-state index in [-0.39, 0.29) is 22.9 Å². The number of rotatable bonds is 9. The summed E-state index contributed by atoms with van der Waals surface area (Å²) in [5, 5.41) is 2.81. The summed E-state index contributed by atoms with van der Waals surface area (Å²) in [4.78, 5) is 12.6. The molecule has 2 aromatic rings. The van der Waals surface area contributed by atoms with Gasteiger partial charge in [-0.1, -0.05) is 25.1 Å². The number of benzene rings is 2. The molecule has 0 heterocycles. The lowest BCUT2D eigenvalue weighted by Crippen LogP contribution is -2.23. The van der Waals surface area contributed by atoms with Gasteiger partial charge in [-0.15, -0.1) is 0 Å². The number of ether oxygens (including phenoxy) is 1. The van der Waals surface area contributed by atoms with Crippen LogP contribution in [0.1, 0.15) is 35.7 Å². The average molecular weight is 388 g/mol. The summed E-state index contributed by atoms with van der Waals surface area (Å²) in [5.41, 5.74) is 1.91. The van der Waals surface area contributed by atoms with Crippen LogP contribution < -0.4 is 10.0 Å². The minimum absolute atomic E-state index is 0.0687. The molecule has 3 rings (SSSR count). The van der Waals surface area contributed by atoms with Crippen molar-refractivity contribution in [1.82, 2.24) is 4.72 Å². The Morgan fingerprint density at radius 2 is 1.93 bits per heavy atom. The first-order chi connectivity index (χ1) is 13.0. The molecule has 1 fully saturated rings. The second kappa shape index (κ2) is 8.65. The van der Waals surface area contributed by atoms with Crippen LogP contribution in [0.4, 0.5) is 5.69 Å². The van der Waals surface area contributed by atoms with E-state index in [0.29, 0.717) is 18.2 Å². The zero-order chi connectivity index (χ0) is 19.3. The Balaban J connectivity index is 1.66. The molecule has 0 aromatic heterocycles. The van der Waals surface area contributed by atoms with Gasteiger partial charge in [0.2, 0.25) is 10.0 Å². The molecule has 2 aromatic carbocycles. The van der Waals surface area contributed by atoms with Crippen molar-refractivity contribution in [3.8, 4) is 0 Å². The number of nitrogens with one attached hydrogen (secondary N) is 2. The minimum atomic E-state index is -3.60. The van der Waals surface area contributed by atoms with Crippen LogP contribution >= 0.6 is 0 Å². The zero-order valence-electron chi connectivity index (χ0n) is 15.3. The van der Waals surface area contributed by atoms with Gasteiger partial charge in [0.1, 0.15) is 0 Å². The molecule has 2 N–H and O–H groups in total. The molecule has 7 heteroatoms. The predicted molar refractivity (Wildman–Crippen MR) is 104 cm³/mol. The van der Waals surface area contributed by atoms with Gasteiger partial charge in [0.05, 0.1) is 11.5 Å². The quantitative estimate of drug-likeness (QED) is 0.691. The van der Waals surface area contributed by atoms with Crippen molar-refractivity contribution in [1.29, 1.82) is 0 Å². The molecule has 0 saturated heterocycles. The first kappa shape index (κ1) is 19.5. The molecular formula is C20H24N2O4S. The van der Waals surface area contributed by atoms with Crippen LogP contribution in [0.5, 0.6) is 0 Å². The lowest BCUT2D eigenvalue weighted by molar-refractivity contribution is 0.102. The van der Waals surface area contributed by atoms with Gasteiger partial charge in [-0.2, -0.15) is 0 Å². The minimum Gasteiger partial charge on any atom is -0.376 e. The molecule has 1 aliphatic rings. The highest BCUT2D eigenvalue weighted by atomic mass is 32.2. The maximum absolute atomic E-state index is 12.5. The Kier molecular flexibility index (Phi) is 6.26. The summed E-state index contributed by atoms with van der Waals surface area (Å²) in [7, 11) is -3.60. The van der Waals surface area contributed by atoms with Crippen molar-refractivity contribution >= 4 is 21.6 Å². The number of carbonyl (C=O) groups excluding carboxylic acids is 1. The molecule has 1 aliphatic carbocycles. The number of hydrogen-bond donors (Lipinski definition) is 2. The number of sulfonamides is 1. The average Bonchev–Trinajstić information content (AvgIpc) is 3.46. The predicted octanol–water partition coefficient (Wildman–Crippen LogP) is 3.16. The van der Waals surface area contributed by atoms with E-state index in [9.17, 15) is 13.2 Å². The van der Waals surface area contributed by atoms with Crippen LogP contribution in [0.2, 0.25) is 0 Å². The Labute approximate surface area is 160 Å². The van der Waals surface area contributed by atoms with E-state index in [1.54, 1.807) is 25.1 Å². The maximum atomic E-state index is 12.5. The van der Waals surface area contributed by atoms with E-state index in [0.717, 1.165) is 12.2 Å². The standard InChI is InChI=1S/C20H24N2O4S/c1-2-21-27(24,25)19-8-4-6-17(12-19)20(23)22-18-7-3-5-16(11-18)14-26-13-15-9-10-15/h3-8,11-12,15,21H,2,9-10,13-14H2,1H3,(H,22,23). The summed E-state index contributed by atoms with van der Waals surface area (Å²) in [6.07, 6.45) is 2.50. The molecule has 1 amide bonds. The summed E-state index contributed by atoms with van der Waals surface area (Å²) in [6.45, 7) is 3.28. The third kappa shape index (κ3) is 5.63. The first-order valence-corrected chi connectivity index (χ1v) is 10.5. The normalized spacial score (nSPS) is 14.1. The summed E-state index contributed by atoms with van der Waals surface area (Å²) >= 11 is 0. The van der Waals surface area contributed by atoms with Gasteiger partial charge < -0.3 is 10.1 Å². The third-order valence-electron chi connectivity index (χ3n) is 4.24. The molecule has 0 unspecified atom stereocenters. The number of hydrogen-bond acceptors (Lipinski definition) is 4. The SMILES string of the molecule is CCNS(=O)(=O)c1cccc(C(=O)Nc2cccc(COCC3CC3)c2)c1. The van der Waals surface area contributed by atoms with Crippen LogP contribution in [0.3, 0.4) is 0 Å². The van der Waals surface area contributed by atoms with E-state index in [1.165, 1.54) is 25.0 Å². The Morgan fingerprint density at radius 3 is 2.67 bits per heavy atom. The Morgan fingerprint density at radius 1 is 1.15 bits per heavy atom. The fraction of sp³-hybridized carbons (Fsp3) is 0.350. The van der Waals surface area contributed by atoms with Gasteiger partial charge in [-0.3, -0.25) is 4.79 Å². The number of carbonyl (C=O) groups is 1. The topological polar surface area (TPSA) is 84.5 Å². The monoisotopic (exact) mass is 388 g/mol. The molecule has 0 bridgehead atoms. The summed E-state index contributed by atoms with van der Waals surface area (Å²) in [6, 6.07) is 13.4. The van der Waals surface area contributed by atoms with E-state index < -0.39 is 10.0 Å². The van der Waals surface area contributed by atoms with Crippen molar-refractivity contribution < 1.29 is 17.9 Å². The highest BCUT2D eigenvalue weighted by Gasteiger charge is 2.21. The van der Waals surface area contributed by atoms with Crippen LogP contribution in [-0.4, -0.2) is 27.5 Å². The van der Waals surface area contributed by atoms with Crippen molar-refractivity contribution in [3.63, 3.8) is 0 Å². The lowest BCUT2D eigenvalue weighted by atomic mass is 10.2. The fourth-order valence-corrected chi connectivity index (χ4v) is 3.73. The zero-order valence-corrected chi connectivity index (χ0v) is 16.1.